The zero-order valence-corrected chi connectivity index (χ0v) is 13.3. The number of hydrogen-bond acceptors (Lipinski definition) is 2. The zero-order chi connectivity index (χ0) is 14.4. The second-order valence-corrected chi connectivity index (χ2v) is 6.34. The summed E-state index contributed by atoms with van der Waals surface area (Å²) >= 11 is 0. The van der Waals surface area contributed by atoms with Crippen molar-refractivity contribution in [1.82, 2.24) is 10.2 Å². The van der Waals surface area contributed by atoms with E-state index in [9.17, 15) is 0 Å². The SMILES string of the molecule is CCCN(C1CCCNC1)C(c1ccccc1)C(C)C. The minimum absolute atomic E-state index is 0.543. The molecule has 1 aliphatic heterocycles. The standard InChI is InChI=1S/C18H30N2/c1-4-13-20(17-11-8-12-19-14-17)18(15(2)3)16-9-6-5-7-10-16/h5-7,9-10,15,17-19H,4,8,11-14H2,1-3H3. The first-order valence-corrected chi connectivity index (χ1v) is 8.25. The van der Waals surface area contributed by atoms with E-state index >= 15 is 0 Å². The maximum atomic E-state index is 3.58. The summed E-state index contributed by atoms with van der Waals surface area (Å²) in [5.74, 6) is 0.644. The molecule has 2 rings (SSSR count). The highest BCUT2D eigenvalue weighted by Gasteiger charge is 2.29. The highest BCUT2D eigenvalue weighted by Crippen LogP contribution is 2.31. The van der Waals surface area contributed by atoms with Crippen molar-refractivity contribution in [2.45, 2.75) is 52.1 Å². The quantitative estimate of drug-likeness (QED) is 0.847. The lowest BCUT2D eigenvalue weighted by Crippen LogP contribution is -2.48. The van der Waals surface area contributed by atoms with Crippen LogP contribution in [-0.2, 0) is 0 Å². The Hall–Kier alpha value is -0.860. The van der Waals surface area contributed by atoms with E-state index in [0.29, 0.717) is 18.0 Å². The second-order valence-electron chi connectivity index (χ2n) is 6.34. The van der Waals surface area contributed by atoms with E-state index in [1.165, 1.54) is 37.9 Å². The maximum absolute atomic E-state index is 3.58. The summed E-state index contributed by atoms with van der Waals surface area (Å²) in [6.45, 7) is 10.5. The van der Waals surface area contributed by atoms with Crippen LogP contribution in [0.5, 0.6) is 0 Å². The van der Waals surface area contributed by atoms with E-state index < -0.39 is 0 Å². The molecular formula is C18H30N2. The van der Waals surface area contributed by atoms with Crippen molar-refractivity contribution >= 4 is 0 Å². The molecule has 2 nitrogen and oxygen atoms in total. The summed E-state index contributed by atoms with van der Waals surface area (Å²) in [7, 11) is 0. The van der Waals surface area contributed by atoms with Crippen molar-refractivity contribution in [3.63, 3.8) is 0 Å². The number of benzene rings is 1. The van der Waals surface area contributed by atoms with Crippen LogP contribution >= 0.6 is 0 Å². The Balaban J connectivity index is 2.22. The minimum Gasteiger partial charge on any atom is -0.315 e. The lowest BCUT2D eigenvalue weighted by Gasteiger charge is -2.42. The summed E-state index contributed by atoms with van der Waals surface area (Å²) in [4.78, 5) is 2.76. The first-order valence-electron chi connectivity index (χ1n) is 8.25. The monoisotopic (exact) mass is 274 g/mol. The van der Waals surface area contributed by atoms with Crippen LogP contribution in [0.4, 0.5) is 0 Å². The van der Waals surface area contributed by atoms with Gasteiger partial charge in [-0.1, -0.05) is 51.1 Å². The van der Waals surface area contributed by atoms with Crippen LogP contribution in [0, 0.1) is 5.92 Å². The van der Waals surface area contributed by atoms with E-state index in [4.69, 9.17) is 0 Å². The molecule has 0 aliphatic carbocycles. The summed E-state index contributed by atoms with van der Waals surface area (Å²) < 4.78 is 0. The van der Waals surface area contributed by atoms with E-state index in [-0.39, 0.29) is 0 Å². The van der Waals surface area contributed by atoms with Crippen LogP contribution in [0.2, 0.25) is 0 Å². The second kappa shape index (κ2) is 7.80. The molecule has 2 atom stereocenters. The maximum Gasteiger partial charge on any atom is 0.0374 e. The van der Waals surface area contributed by atoms with Crippen LogP contribution < -0.4 is 5.32 Å². The van der Waals surface area contributed by atoms with Crippen LogP contribution in [0.25, 0.3) is 0 Å². The molecule has 1 aromatic rings. The van der Waals surface area contributed by atoms with E-state index in [2.05, 4.69) is 61.3 Å². The van der Waals surface area contributed by atoms with Gasteiger partial charge in [-0.15, -0.1) is 0 Å². The molecule has 0 radical (unpaired) electrons. The molecular weight excluding hydrogens is 244 g/mol. The smallest absolute Gasteiger partial charge is 0.0374 e. The first-order chi connectivity index (χ1) is 9.74. The summed E-state index contributed by atoms with van der Waals surface area (Å²) in [5, 5.41) is 3.58. The van der Waals surface area contributed by atoms with E-state index in [0.717, 1.165) is 6.54 Å². The van der Waals surface area contributed by atoms with Crippen LogP contribution in [0.15, 0.2) is 30.3 Å². The normalized spacial score (nSPS) is 21.4. The van der Waals surface area contributed by atoms with Gasteiger partial charge >= 0.3 is 0 Å². The van der Waals surface area contributed by atoms with Gasteiger partial charge in [0.2, 0.25) is 0 Å². The summed E-state index contributed by atoms with van der Waals surface area (Å²) in [6.07, 6.45) is 3.88. The van der Waals surface area contributed by atoms with Crippen molar-refractivity contribution in [1.29, 1.82) is 0 Å². The van der Waals surface area contributed by atoms with Gasteiger partial charge in [-0.05, 0) is 43.8 Å². The Morgan fingerprint density at radius 2 is 2.00 bits per heavy atom. The third-order valence-corrected chi connectivity index (χ3v) is 4.35. The topological polar surface area (TPSA) is 15.3 Å². The molecule has 1 fully saturated rings. The average Bonchev–Trinajstić information content (AvgIpc) is 2.48. The number of hydrogen-bond donors (Lipinski definition) is 1. The molecule has 112 valence electrons. The molecule has 1 aliphatic rings. The summed E-state index contributed by atoms with van der Waals surface area (Å²) in [5.41, 5.74) is 1.47. The molecule has 0 bridgehead atoms. The van der Waals surface area contributed by atoms with Gasteiger partial charge in [0, 0.05) is 18.6 Å². The molecule has 0 aromatic heterocycles. The minimum atomic E-state index is 0.543. The summed E-state index contributed by atoms with van der Waals surface area (Å²) in [6, 6.07) is 12.3. The molecule has 1 aromatic carbocycles. The van der Waals surface area contributed by atoms with Gasteiger partial charge in [0.15, 0.2) is 0 Å². The number of piperidine rings is 1. The van der Waals surface area contributed by atoms with Gasteiger partial charge in [0.25, 0.3) is 0 Å². The molecule has 1 N–H and O–H groups in total. The Kier molecular flexibility index (Phi) is 6.06. The molecule has 2 unspecified atom stereocenters. The fraction of sp³-hybridized carbons (Fsp3) is 0.667. The molecule has 0 spiro atoms. The van der Waals surface area contributed by atoms with Gasteiger partial charge in [-0.2, -0.15) is 0 Å². The van der Waals surface area contributed by atoms with Crippen LogP contribution in [-0.4, -0.2) is 30.6 Å². The predicted octanol–water partition coefficient (Wildman–Crippen LogP) is 3.85. The number of nitrogens with one attached hydrogen (secondary N) is 1. The van der Waals surface area contributed by atoms with Gasteiger partial charge in [-0.3, -0.25) is 4.90 Å². The molecule has 0 amide bonds. The highest BCUT2D eigenvalue weighted by atomic mass is 15.2. The lowest BCUT2D eigenvalue weighted by atomic mass is 9.91. The van der Waals surface area contributed by atoms with Gasteiger partial charge < -0.3 is 5.32 Å². The Morgan fingerprint density at radius 3 is 2.55 bits per heavy atom. The average molecular weight is 274 g/mol. The molecule has 2 heteroatoms. The largest absolute Gasteiger partial charge is 0.315 e. The lowest BCUT2D eigenvalue weighted by molar-refractivity contribution is 0.0841. The van der Waals surface area contributed by atoms with E-state index in [1.54, 1.807) is 0 Å². The van der Waals surface area contributed by atoms with Crippen molar-refractivity contribution in [2.75, 3.05) is 19.6 Å². The number of nitrogens with zero attached hydrogens (tertiary/aromatic N) is 1. The Labute approximate surface area is 124 Å². The van der Waals surface area contributed by atoms with Gasteiger partial charge in [-0.25, -0.2) is 0 Å². The Bertz CT molecular complexity index is 368. The first kappa shape index (κ1) is 15.5. The van der Waals surface area contributed by atoms with Gasteiger partial charge in [0.05, 0.1) is 0 Å². The van der Waals surface area contributed by atoms with Crippen LogP contribution in [0.1, 0.15) is 51.6 Å². The highest BCUT2D eigenvalue weighted by molar-refractivity contribution is 5.20. The third kappa shape index (κ3) is 3.83. The van der Waals surface area contributed by atoms with Crippen LogP contribution in [0.3, 0.4) is 0 Å². The number of rotatable bonds is 6. The predicted molar refractivity (Wildman–Crippen MR) is 86.9 cm³/mol. The van der Waals surface area contributed by atoms with Crippen molar-refractivity contribution in [3.05, 3.63) is 35.9 Å². The van der Waals surface area contributed by atoms with Gasteiger partial charge in [0.1, 0.15) is 0 Å². The van der Waals surface area contributed by atoms with Crippen molar-refractivity contribution in [3.8, 4) is 0 Å². The Morgan fingerprint density at radius 1 is 1.25 bits per heavy atom. The fourth-order valence-electron chi connectivity index (χ4n) is 3.53. The fourth-order valence-corrected chi connectivity index (χ4v) is 3.53. The molecule has 20 heavy (non-hydrogen) atoms. The zero-order valence-electron chi connectivity index (χ0n) is 13.3. The van der Waals surface area contributed by atoms with Crippen molar-refractivity contribution in [2.24, 2.45) is 5.92 Å². The van der Waals surface area contributed by atoms with Crippen molar-refractivity contribution < 1.29 is 0 Å². The molecule has 0 saturated carbocycles. The third-order valence-electron chi connectivity index (χ3n) is 4.35. The van der Waals surface area contributed by atoms with E-state index in [1.807, 2.05) is 0 Å². The molecule has 1 saturated heterocycles. The molecule has 1 heterocycles.